The van der Waals surface area contributed by atoms with Gasteiger partial charge in [0.2, 0.25) is 0 Å². The predicted octanol–water partition coefficient (Wildman–Crippen LogP) is 1.07. The van der Waals surface area contributed by atoms with Crippen molar-refractivity contribution in [3.8, 4) is 11.1 Å². The molecule has 19 heavy (non-hydrogen) atoms. The van der Waals surface area contributed by atoms with Crippen LogP contribution in [0.4, 0.5) is 0 Å². The molecule has 0 fully saturated rings. The minimum absolute atomic E-state index is 1.11. The Balaban J connectivity index is 2.36. The van der Waals surface area contributed by atoms with Crippen molar-refractivity contribution in [2.24, 2.45) is 0 Å². The van der Waals surface area contributed by atoms with Crippen LogP contribution in [0.3, 0.4) is 0 Å². The molecule has 0 bridgehead atoms. The fourth-order valence-corrected chi connectivity index (χ4v) is 2.16. The monoisotopic (exact) mass is 256 g/mol. The second-order valence-corrected chi connectivity index (χ2v) is 4.82. The summed E-state index contributed by atoms with van der Waals surface area (Å²) in [5.41, 5.74) is 2.37. The highest BCUT2D eigenvalue weighted by molar-refractivity contribution is 5.66. The van der Waals surface area contributed by atoms with Crippen molar-refractivity contribution < 1.29 is 9.14 Å². The van der Waals surface area contributed by atoms with Gasteiger partial charge in [-0.15, -0.1) is 4.57 Å². The summed E-state index contributed by atoms with van der Waals surface area (Å²) in [6.07, 6.45) is 7.78. The molecule has 2 aromatic heterocycles. The van der Waals surface area contributed by atoms with Gasteiger partial charge in [-0.05, 0) is 35.4 Å². The van der Waals surface area contributed by atoms with E-state index in [0.29, 0.717) is 0 Å². The lowest BCUT2D eigenvalue weighted by Crippen LogP contribution is -2.54. The summed E-state index contributed by atoms with van der Waals surface area (Å²) in [6, 6.07) is 8.26. The zero-order valence-electron chi connectivity index (χ0n) is 11.9. The Hall–Kier alpha value is -2.23. The van der Waals surface area contributed by atoms with Gasteiger partial charge in [0.05, 0.1) is 0 Å². The first-order chi connectivity index (χ1) is 9.09. The van der Waals surface area contributed by atoms with E-state index in [0.717, 1.165) is 5.96 Å². The summed E-state index contributed by atoms with van der Waals surface area (Å²) in [4.78, 5) is 6.13. The third kappa shape index (κ3) is 2.96. The molecule has 0 aliphatic carbocycles. The van der Waals surface area contributed by atoms with E-state index in [1.165, 1.54) is 11.1 Å². The van der Waals surface area contributed by atoms with E-state index in [-0.39, 0.29) is 0 Å². The molecule has 0 spiro atoms. The van der Waals surface area contributed by atoms with Crippen molar-refractivity contribution in [2.45, 2.75) is 0 Å². The highest BCUT2D eigenvalue weighted by Gasteiger charge is 2.22. The molecule has 98 valence electrons. The molecular formula is C15H20N4+2. The molecule has 0 N–H and O–H groups in total. The predicted molar refractivity (Wildman–Crippen MR) is 76.1 cm³/mol. The summed E-state index contributed by atoms with van der Waals surface area (Å²) in [6.45, 7) is 0. The minimum Gasteiger partial charge on any atom is -0.265 e. The average molecular weight is 256 g/mol. The van der Waals surface area contributed by atoms with E-state index in [1.807, 2.05) is 52.7 Å². The van der Waals surface area contributed by atoms with Gasteiger partial charge >= 0.3 is 5.96 Å². The van der Waals surface area contributed by atoms with Crippen molar-refractivity contribution in [2.75, 3.05) is 28.2 Å². The van der Waals surface area contributed by atoms with Crippen LogP contribution in [0, 0.1) is 0 Å². The van der Waals surface area contributed by atoms with Crippen molar-refractivity contribution in [1.29, 1.82) is 0 Å². The topological polar surface area (TPSA) is 23.0 Å². The molecular weight excluding hydrogens is 236 g/mol. The van der Waals surface area contributed by atoms with Crippen molar-refractivity contribution in [3.05, 3.63) is 49.1 Å². The van der Waals surface area contributed by atoms with Gasteiger partial charge in [0.1, 0.15) is 40.6 Å². The maximum absolute atomic E-state index is 4.04. The van der Waals surface area contributed by atoms with Gasteiger partial charge in [0, 0.05) is 12.4 Å². The molecule has 4 heteroatoms. The smallest absolute Gasteiger partial charge is 0.265 e. The van der Waals surface area contributed by atoms with E-state index in [2.05, 4.69) is 43.6 Å². The highest BCUT2D eigenvalue weighted by Crippen LogP contribution is 2.15. The van der Waals surface area contributed by atoms with Gasteiger partial charge < -0.3 is 0 Å². The van der Waals surface area contributed by atoms with Crippen LogP contribution in [0.1, 0.15) is 0 Å². The standard InChI is InChI=1S/C15H20N4/c1-17(2)15(18(3)4)19-11-7-14(8-12-19)13-5-9-16-10-6-13/h5-12H,1-4H3/q+2. The second kappa shape index (κ2) is 5.61. The first-order valence-corrected chi connectivity index (χ1v) is 6.23. The van der Waals surface area contributed by atoms with E-state index in [9.17, 15) is 0 Å². The molecule has 0 saturated heterocycles. The number of nitrogens with zero attached hydrogens (tertiary/aromatic N) is 4. The molecule has 2 rings (SSSR count). The van der Waals surface area contributed by atoms with Crippen LogP contribution in [-0.2, 0) is 0 Å². The average Bonchev–Trinajstić information content (AvgIpc) is 2.40. The summed E-state index contributed by atoms with van der Waals surface area (Å²) in [5.74, 6) is 1.11. The Morgan fingerprint density at radius 3 is 2.00 bits per heavy atom. The molecule has 0 amide bonds. The lowest BCUT2D eigenvalue weighted by molar-refractivity contribution is -0.636. The largest absolute Gasteiger partial charge is 0.526 e. The number of pyridine rings is 2. The summed E-state index contributed by atoms with van der Waals surface area (Å²) >= 11 is 0. The quantitative estimate of drug-likeness (QED) is 0.433. The zero-order valence-corrected chi connectivity index (χ0v) is 11.9. The van der Waals surface area contributed by atoms with Crippen LogP contribution >= 0.6 is 0 Å². The van der Waals surface area contributed by atoms with Crippen molar-refractivity contribution >= 4 is 5.96 Å². The SMILES string of the molecule is CN(C)C(=[N+](C)C)[n+]1ccc(-c2ccncc2)cc1. The summed E-state index contributed by atoms with van der Waals surface area (Å²) in [5, 5.41) is 0. The van der Waals surface area contributed by atoms with Crippen LogP contribution < -0.4 is 4.57 Å². The third-order valence-corrected chi connectivity index (χ3v) is 2.87. The molecule has 2 heterocycles. The second-order valence-electron chi connectivity index (χ2n) is 4.82. The minimum atomic E-state index is 1.11. The van der Waals surface area contributed by atoms with Gasteiger partial charge in [-0.2, -0.15) is 9.48 Å². The van der Waals surface area contributed by atoms with Gasteiger partial charge in [-0.25, -0.2) is 0 Å². The fraction of sp³-hybridized carbons (Fsp3) is 0.267. The number of aromatic nitrogens is 2. The molecule has 0 atom stereocenters. The van der Waals surface area contributed by atoms with Crippen LogP contribution in [0.5, 0.6) is 0 Å². The molecule has 4 nitrogen and oxygen atoms in total. The Labute approximate surface area is 114 Å². The summed E-state index contributed by atoms with van der Waals surface area (Å²) in [7, 11) is 8.16. The fourth-order valence-electron chi connectivity index (χ4n) is 2.16. The molecule has 0 radical (unpaired) electrons. The Bertz CT molecular complexity index is 567. The van der Waals surface area contributed by atoms with E-state index in [1.54, 1.807) is 0 Å². The van der Waals surface area contributed by atoms with Gasteiger partial charge in [0.25, 0.3) is 0 Å². The molecule has 2 aromatic rings. The van der Waals surface area contributed by atoms with Crippen LogP contribution in [-0.4, -0.2) is 48.6 Å². The van der Waals surface area contributed by atoms with E-state index in [4.69, 9.17) is 0 Å². The number of rotatable bonds is 1. The molecule has 0 aliphatic heterocycles. The van der Waals surface area contributed by atoms with Crippen LogP contribution in [0.2, 0.25) is 0 Å². The maximum atomic E-state index is 4.04. The van der Waals surface area contributed by atoms with Crippen molar-refractivity contribution in [1.82, 2.24) is 9.88 Å². The first-order valence-electron chi connectivity index (χ1n) is 6.23. The van der Waals surface area contributed by atoms with E-state index >= 15 is 0 Å². The Morgan fingerprint density at radius 2 is 1.53 bits per heavy atom. The number of hydrogen-bond acceptors (Lipinski definition) is 1. The third-order valence-electron chi connectivity index (χ3n) is 2.87. The lowest BCUT2D eigenvalue weighted by Gasteiger charge is -2.06. The lowest BCUT2D eigenvalue weighted by atomic mass is 10.1. The van der Waals surface area contributed by atoms with Crippen LogP contribution in [0.15, 0.2) is 49.1 Å². The highest BCUT2D eigenvalue weighted by atomic mass is 15.3. The Kier molecular flexibility index (Phi) is 3.90. The van der Waals surface area contributed by atoms with Gasteiger partial charge in [0.15, 0.2) is 0 Å². The zero-order chi connectivity index (χ0) is 13.8. The molecule has 0 aliphatic rings. The van der Waals surface area contributed by atoms with Gasteiger partial charge in [-0.3, -0.25) is 4.98 Å². The van der Waals surface area contributed by atoms with Crippen LogP contribution in [0.25, 0.3) is 11.1 Å². The normalized spacial score (nSPS) is 10.1. The first kappa shape index (κ1) is 13.2. The summed E-state index contributed by atoms with van der Waals surface area (Å²) < 4.78 is 4.19. The van der Waals surface area contributed by atoms with Gasteiger partial charge in [-0.1, -0.05) is 0 Å². The molecule has 0 unspecified atom stereocenters. The molecule has 0 saturated carbocycles. The number of hydrogen-bond donors (Lipinski definition) is 0. The van der Waals surface area contributed by atoms with E-state index < -0.39 is 0 Å². The Morgan fingerprint density at radius 1 is 1.00 bits per heavy atom. The van der Waals surface area contributed by atoms with Crippen molar-refractivity contribution in [3.63, 3.8) is 0 Å². The molecule has 0 aromatic carbocycles. The maximum Gasteiger partial charge on any atom is 0.526 e.